The number of thioether (sulfide) groups is 1. The van der Waals surface area contributed by atoms with Crippen molar-refractivity contribution in [2.75, 3.05) is 26.2 Å². The molecule has 3 nitrogen and oxygen atoms in total. The van der Waals surface area contributed by atoms with Crippen LogP contribution in [0.2, 0.25) is 0 Å². The van der Waals surface area contributed by atoms with Crippen molar-refractivity contribution in [3.05, 3.63) is 23.0 Å². The Labute approximate surface area is 115 Å². The Morgan fingerprint density at radius 1 is 1.44 bits per heavy atom. The molecule has 0 radical (unpaired) electrons. The molecule has 0 fully saturated rings. The molecule has 1 unspecified atom stereocenters. The molecule has 0 aliphatic rings. The first-order valence-corrected chi connectivity index (χ1v) is 7.68. The first-order chi connectivity index (χ1) is 8.63. The molecule has 0 saturated carbocycles. The minimum Gasteiger partial charge on any atom is -0.496 e. The number of pyridine rings is 1. The summed E-state index contributed by atoms with van der Waals surface area (Å²) in [5, 5.41) is 3.37. The Morgan fingerprint density at radius 2 is 2.17 bits per heavy atom. The summed E-state index contributed by atoms with van der Waals surface area (Å²) >= 11 is 1.89. The summed E-state index contributed by atoms with van der Waals surface area (Å²) < 4.78 is 5.45. The van der Waals surface area contributed by atoms with Gasteiger partial charge in [-0.25, -0.2) is 0 Å². The predicted molar refractivity (Wildman–Crippen MR) is 79.8 cm³/mol. The number of ether oxygens (including phenoxy) is 1. The van der Waals surface area contributed by atoms with Gasteiger partial charge in [0.05, 0.1) is 7.11 Å². The average Bonchev–Trinajstić information content (AvgIpc) is 2.37. The van der Waals surface area contributed by atoms with E-state index in [0.717, 1.165) is 29.8 Å². The zero-order valence-corrected chi connectivity index (χ0v) is 12.9. The predicted octanol–water partition coefficient (Wildman–Crippen LogP) is 2.59. The van der Waals surface area contributed by atoms with Crippen molar-refractivity contribution in [1.82, 2.24) is 10.3 Å². The summed E-state index contributed by atoms with van der Waals surface area (Å²) in [5.74, 6) is 2.15. The number of hydrogen-bond acceptors (Lipinski definition) is 4. The summed E-state index contributed by atoms with van der Waals surface area (Å²) in [7, 11) is 3.74. The van der Waals surface area contributed by atoms with Crippen LogP contribution in [0, 0.1) is 13.8 Å². The Morgan fingerprint density at radius 3 is 2.72 bits per heavy atom. The molecule has 0 aromatic carbocycles. The molecule has 18 heavy (non-hydrogen) atoms. The van der Waals surface area contributed by atoms with Gasteiger partial charge in [-0.2, -0.15) is 11.8 Å². The molecule has 1 rings (SSSR count). The van der Waals surface area contributed by atoms with Gasteiger partial charge in [-0.1, -0.05) is 0 Å². The molecule has 1 aromatic rings. The highest BCUT2D eigenvalue weighted by Crippen LogP contribution is 2.25. The Balaban J connectivity index is 2.83. The van der Waals surface area contributed by atoms with Gasteiger partial charge in [0.1, 0.15) is 5.75 Å². The highest BCUT2D eigenvalue weighted by Gasteiger charge is 2.13. The number of nitrogens with zero attached hydrogens (tertiary/aromatic N) is 1. The van der Waals surface area contributed by atoms with Crippen molar-refractivity contribution in [1.29, 1.82) is 0 Å². The maximum absolute atomic E-state index is 5.45. The third-order valence-corrected chi connectivity index (χ3v) is 3.91. The van der Waals surface area contributed by atoms with Crippen LogP contribution in [0.4, 0.5) is 0 Å². The maximum Gasteiger partial charge on any atom is 0.128 e. The first-order valence-electron chi connectivity index (χ1n) is 6.29. The molecular formula is C14H24N2OS. The van der Waals surface area contributed by atoms with E-state index in [1.807, 2.05) is 31.9 Å². The van der Waals surface area contributed by atoms with E-state index in [4.69, 9.17) is 4.74 Å². The van der Waals surface area contributed by atoms with Crippen LogP contribution in [0.3, 0.4) is 0 Å². The van der Waals surface area contributed by atoms with Crippen molar-refractivity contribution in [3.63, 3.8) is 0 Å². The fourth-order valence-electron chi connectivity index (χ4n) is 2.12. The maximum atomic E-state index is 5.45. The number of hydrogen-bond donors (Lipinski definition) is 1. The minimum atomic E-state index is 0.482. The summed E-state index contributed by atoms with van der Waals surface area (Å²) in [6.45, 7) is 4.13. The average molecular weight is 268 g/mol. The minimum absolute atomic E-state index is 0.482. The smallest absolute Gasteiger partial charge is 0.128 e. The van der Waals surface area contributed by atoms with E-state index in [1.54, 1.807) is 7.11 Å². The highest BCUT2D eigenvalue weighted by molar-refractivity contribution is 7.98. The van der Waals surface area contributed by atoms with Crippen LogP contribution < -0.4 is 10.1 Å². The molecule has 102 valence electrons. The van der Waals surface area contributed by atoms with Gasteiger partial charge in [0.25, 0.3) is 0 Å². The molecule has 0 saturated heterocycles. The monoisotopic (exact) mass is 268 g/mol. The van der Waals surface area contributed by atoms with E-state index >= 15 is 0 Å². The van der Waals surface area contributed by atoms with E-state index in [0.29, 0.717) is 6.04 Å². The zero-order valence-electron chi connectivity index (χ0n) is 12.0. The fourth-order valence-corrected chi connectivity index (χ4v) is 2.64. The van der Waals surface area contributed by atoms with E-state index in [1.165, 1.54) is 11.3 Å². The second-order valence-electron chi connectivity index (χ2n) is 4.52. The van der Waals surface area contributed by atoms with Gasteiger partial charge in [-0.15, -0.1) is 0 Å². The van der Waals surface area contributed by atoms with Crippen LogP contribution in [-0.2, 0) is 6.42 Å². The standard InChI is InChI=1S/C14H24N2OS/c1-10-9-16-13(11(2)14(10)17-4)8-12(15-3)6-7-18-5/h9,12,15H,6-8H2,1-5H3. The number of likely N-dealkylation sites (N-methyl/N-ethyl adjacent to an activating group) is 1. The zero-order chi connectivity index (χ0) is 13.5. The SMILES string of the molecule is CNC(CCSC)Cc1ncc(C)c(OC)c1C. The molecular weight excluding hydrogens is 244 g/mol. The van der Waals surface area contributed by atoms with Crippen LogP contribution in [-0.4, -0.2) is 37.2 Å². The molecule has 1 aromatic heterocycles. The molecule has 1 N–H and O–H groups in total. The number of aromatic nitrogens is 1. The Kier molecular flexibility index (Phi) is 6.50. The lowest BCUT2D eigenvalue weighted by Gasteiger charge is -2.18. The molecule has 0 spiro atoms. The Bertz CT molecular complexity index is 382. The van der Waals surface area contributed by atoms with Gasteiger partial charge in [0.2, 0.25) is 0 Å². The number of methoxy groups -OCH3 is 1. The van der Waals surface area contributed by atoms with Crippen LogP contribution in [0.1, 0.15) is 23.2 Å². The van der Waals surface area contributed by atoms with Crippen molar-refractivity contribution in [3.8, 4) is 5.75 Å². The van der Waals surface area contributed by atoms with Gasteiger partial charge in [0, 0.05) is 35.5 Å². The summed E-state index contributed by atoms with van der Waals surface area (Å²) in [4.78, 5) is 4.56. The molecule has 1 atom stereocenters. The van der Waals surface area contributed by atoms with Gasteiger partial charge in [-0.05, 0) is 39.3 Å². The van der Waals surface area contributed by atoms with Crippen LogP contribution in [0.5, 0.6) is 5.75 Å². The normalized spacial score (nSPS) is 12.5. The van der Waals surface area contributed by atoms with Crippen LogP contribution in [0.15, 0.2) is 6.20 Å². The van der Waals surface area contributed by atoms with E-state index in [-0.39, 0.29) is 0 Å². The number of nitrogens with one attached hydrogen (secondary N) is 1. The quantitative estimate of drug-likeness (QED) is 0.824. The van der Waals surface area contributed by atoms with Crippen LogP contribution >= 0.6 is 11.8 Å². The first kappa shape index (κ1) is 15.3. The second-order valence-corrected chi connectivity index (χ2v) is 5.50. The molecule has 0 aliphatic heterocycles. The van der Waals surface area contributed by atoms with Gasteiger partial charge in [-0.3, -0.25) is 4.98 Å². The highest BCUT2D eigenvalue weighted by atomic mass is 32.2. The van der Waals surface area contributed by atoms with Crippen molar-refractivity contribution in [2.45, 2.75) is 32.7 Å². The van der Waals surface area contributed by atoms with Gasteiger partial charge >= 0.3 is 0 Å². The van der Waals surface area contributed by atoms with Crippen LogP contribution in [0.25, 0.3) is 0 Å². The summed E-state index contributed by atoms with van der Waals surface area (Å²) in [6, 6.07) is 0.482. The lowest BCUT2D eigenvalue weighted by molar-refractivity contribution is 0.406. The molecule has 0 bridgehead atoms. The third kappa shape index (κ3) is 3.89. The summed E-state index contributed by atoms with van der Waals surface area (Å²) in [5.41, 5.74) is 3.41. The van der Waals surface area contributed by atoms with E-state index in [2.05, 4.69) is 23.5 Å². The third-order valence-electron chi connectivity index (χ3n) is 3.27. The lowest BCUT2D eigenvalue weighted by atomic mass is 10.0. The van der Waals surface area contributed by atoms with E-state index in [9.17, 15) is 0 Å². The largest absolute Gasteiger partial charge is 0.496 e. The molecule has 0 amide bonds. The topological polar surface area (TPSA) is 34.2 Å². The molecule has 1 heterocycles. The number of rotatable bonds is 7. The summed E-state index contributed by atoms with van der Waals surface area (Å²) in [6.07, 6.45) is 6.17. The number of aryl methyl sites for hydroxylation is 1. The van der Waals surface area contributed by atoms with Crippen molar-refractivity contribution >= 4 is 11.8 Å². The van der Waals surface area contributed by atoms with Crippen molar-refractivity contribution in [2.24, 2.45) is 0 Å². The fraction of sp³-hybridized carbons (Fsp3) is 0.643. The van der Waals surface area contributed by atoms with E-state index < -0.39 is 0 Å². The Hall–Kier alpha value is -0.740. The van der Waals surface area contributed by atoms with Crippen molar-refractivity contribution < 1.29 is 4.74 Å². The lowest BCUT2D eigenvalue weighted by Crippen LogP contribution is -2.29. The molecule has 4 heteroatoms. The second kappa shape index (κ2) is 7.64. The van der Waals surface area contributed by atoms with Gasteiger partial charge < -0.3 is 10.1 Å². The van der Waals surface area contributed by atoms with Gasteiger partial charge in [0.15, 0.2) is 0 Å². The molecule has 0 aliphatic carbocycles.